The van der Waals surface area contributed by atoms with Gasteiger partial charge < -0.3 is 9.64 Å². The second-order valence-corrected chi connectivity index (χ2v) is 6.94. The highest BCUT2D eigenvalue weighted by atomic mass is 16.5. The van der Waals surface area contributed by atoms with Gasteiger partial charge in [-0.3, -0.25) is 9.69 Å². The third-order valence-corrected chi connectivity index (χ3v) is 4.95. The zero-order valence-corrected chi connectivity index (χ0v) is 13.4. The Bertz CT molecular complexity index is 316. The van der Waals surface area contributed by atoms with E-state index < -0.39 is 0 Å². The lowest BCUT2D eigenvalue weighted by Crippen LogP contribution is -2.51. The molecule has 2 rings (SSSR count). The molecule has 0 aromatic carbocycles. The minimum atomic E-state index is -0.152. The van der Waals surface area contributed by atoms with Crippen molar-refractivity contribution >= 4 is 5.91 Å². The number of piperazine rings is 1. The summed E-state index contributed by atoms with van der Waals surface area (Å²) < 4.78 is 5.50. The predicted molar refractivity (Wildman–Crippen MR) is 80.7 cm³/mol. The zero-order chi connectivity index (χ0) is 14.6. The van der Waals surface area contributed by atoms with Crippen LogP contribution in [0.25, 0.3) is 0 Å². The molecule has 1 unspecified atom stereocenters. The molecule has 0 aromatic heterocycles. The van der Waals surface area contributed by atoms with E-state index in [1.165, 1.54) is 12.8 Å². The smallest absolute Gasteiger partial charge is 0.251 e. The van der Waals surface area contributed by atoms with Gasteiger partial charge in [0, 0.05) is 32.8 Å². The van der Waals surface area contributed by atoms with Gasteiger partial charge in [0.1, 0.15) is 6.10 Å². The van der Waals surface area contributed by atoms with Crippen LogP contribution in [-0.2, 0) is 9.53 Å². The number of ether oxygens (including phenoxy) is 1. The van der Waals surface area contributed by atoms with Gasteiger partial charge >= 0.3 is 0 Å². The van der Waals surface area contributed by atoms with Gasteiger partial charge in [-0.25, -0.2) is 0 Å². The summed E-state index contributed by atoms with van der Waals surface area (Å²) >= 11 is 0. The van der Waals surface area contributed by atoms with Gasteiger partial charge in [-0.1, -0.05) is 27.2 Å². The van der Waals surface area contributed by atoms with Crippen molar-refractivity contribution in [2.24, 2.45) is 5.41 Å². The molecular formula is C16H30N2O2. The summed E-state index contributed by atoms with van der Waals surface area (Å²) in [7, 11) is 0. The number of carbonyl (C=O) groups excluding carboxylic acids is 1. The van der Waals surface area contributed by atoms with E-state index in [1.54, 1.807) is 0 Å². The number of amides is 1. The van der Waals surface area contributed by atoms with Crippen molar-refractivity contribution in [3.8, 4) is 0 Å². The van der Waals surface area contributed by atoms with Gasteiger partial charge in [-0.2, -0.15) is 0 Å². The summed E-state index contributed by atoms with van der Waals surface area (Å²) in [4.78, 5) is 16.7. The largest absolute Gasteiger partial charge is 0.368 e. The predicted octanol–water partition coefficient (Wildman–Crippen LogP) is 2.14. The van der Waals surface area contributed by atoms with Crippen LogP contribution in [0.5, 0.6) is 0 Å². The Kier molecular flexibility index (Phi) is 5.44. The minimum Gasteiger partial charge on any atom is -0.368 e. The molecule has 1 atom stereocenters. The van der Waals surface area contributed by atoms with Crippen molar-refractivity contribution < 1.29 is 9.53 Å². The molecule has 2 aliphatic heterocycles. The molecule has 0 saturated carbocycles. The Morgan fingerprint density at radius 1 is 1.25 bits per heavy atom. The SMILES string of the molecule is CCC(C)(C)CCN1CCN(C(=O)C2CCCO2)CC1. The van der Waals surface area contributed by atoms with Gasteiger partial charge in [0.2, 0.25) is 0 Å². The molecule has 2 saturated heterocycles. The van der Waals surface area contributed by atoms with Gasteiger partial charge in [-0.05, 0) is 31.2 Å². The molecule has 0 aromatic rings. The molecule has 116 valence electrons. The van der Waals surface area contributed by atoms with E-state index in [0.717, 1.165) is 52.2 Å². The molecule has 4 nitrogen and oxygen atoms in total. The molecule has 0 bridgehead atoms. The van der Waals surface area contributed by atoms with Crippen molar-refractivity contribution in [2.75, 3.05) is 39.3 Å². The van der Waals surface area contributed by atoms with Crippen LogP contribution in [0.3, 0.4) is 0 Å². The quantitative estimate of drug-likeness (QED) is 0.774. The Morgan fingerprint density at radius 2 is 1.95 bits per heavy atom. The highest BCUT2D eigenvalue weighted by molar-refractivity contribution is 5.81. The highest BCUT2D eigenvalue weighted by Crippen LogP contribution is 2.25. The zero-order valence-electron chi connectivity index (χ0n) is 13.4. The maximum absolute atomic E-state index is 12.3. The van der Waals surface area contributed by atoms with Gasteiger partial charge in [0.05, 0.1) is 0 Å². The third kappa shape index (κ3) is 4.19. The molecule has 20 heavy (non-hydrogen) atoms. The van der Waals surface area contributed by atoms with Gasteiger partial charge in [0.25, 0.3) is 5.91 Å². The lowest BCUT2D eigenvalue weighted by Gasteiger charge is -2.37. The Hall–Kier alpha value is -0.610. The Balaban J connectivity index is 1.70. The number of rotatable bonds is 5. The first-order valence-corrected chi connectivity index (χ1v) is 8.14. The van der Waals surface area contributed by atoms with E-state index in [2.05, 4.69) is 25.7 Å². The first-order chi connectivity index (χ1) is 9.52. The summed E-state index contributed by atoms with van der Waals surface area (Å²) in [6, 6.07) is 0. The number of nitrogens with zero attached hydrogens (tertiary/aromatic N) is 2. The van der Waals surface area contributed by atoms with E-state index in [4.69, 9.17) is 4.74 Å². The van der Waals surface area contributed by atoms with Crippen LogP contribution in [0.4, 0.5) is 0 Å². The summed E-state index contributed by atoms with van der Waals surface area (Å²) in [6.07, 6.45) is 4.25. The van der Waals surface area contributed by atoms with Crippen LogP contribution in [0, 0.1) is 5.41 Å². The van der Waals surface area contributed by atoms with E-state index in [0.29, 0.717) is 5.41 Å². The maximum Gasteiger partial charge on any atom is 0.251 e. The van der Waals surface area contributed by atoms with E-state index in [1.807, 2.05) is 4.90 Å². The summed E-state index contributed by atoms with van der Waals surface area (Å²) in [5, 5.41) is 0. The van der Waals surface area contributed by atoms with Crippen molar-refractivity contribution in [2.45, 2.75) is 52.6 Å². The van der Waals surface area contributed by atoms with Crippen LogP contribution in [0.15, 0.2) is 0 Å². The van der Waals surface area contributed by atoms with Crippen molar-refractivity contribution in [3.05, 3.63) is 0 Å². The molecule has 1 amide bonds. The Morgan fingerprint density at radius 3 is 2.50 bits per heavy atom. The van der Waals surface area contributed by atoms with Crippen LogP contribution in [0.1, 0.15) is 46.5 Å². The van der Waals surface area contributed by atoms with E-state index in [9.17, 15) is 4.79 Å². The van der Waals surface area contributed by atoms with Crippen LogP contribution < -0.4 is 0 Å². The van der Waals surface area contributed by atoms with Crippen LogP contribution in [0.2, 0.25) is 0 Å². The molecule has 0 radical (unpaired) electrons. The first-order valence-electron chi connectivity index (χ1n) is 8.14. The first kappa shape index (κ1) is 15.8. The van der Waals surface area contributed by atoms with Crippen LogP contribution >= 0.6 is 0 Å². The highest BCUT2D eigenvalue weighted by Gasteiger charge is 2.30. The average Bonchev–Trinajstić information content (AvgIpc) is 2.99. The second-order valence-electron chi connectivity index (χ2n) is 6.94. The molecule has 0 aliphatic carbocycles. The summed E-state index contributed by atoms with van der Waals surface area (Å²) in [5.41, 5.74) is 0.435. The molecule has 2 aliphatic rings. The van der Waals surface area contributed by atoms with Crippen LogP contribution in [-0.4, -0.2) is 61.1 Å². The fourth-order valence-corrected chi connectivity index (χ4v) is 2.81. The van der Waals surface area contributed by atoms with E-state index in [-0.39, 0.29) is 12.0 Å². The number of hydrogen-bond donors (Lipinski definition) is 0. The van der Waals surface area contributed by atoms with Crippen molar-refractivity contribution in [1.29, 1.82) is 0 Å². The average molecular weight is 282 g/mol. The van der Waals surface area contributed by atoms with E-state index >= 15 is 0 Å². The fraction of sp³-hybridized carbons (Fsp3) is 0.938. The van der Waals surface area contributed by atoms with Gasteiger partial charge in [-0.15, -0.1) is 0 Å². The maximum atomic E-state index is 12.3. The normalized spacial score (nSPS) is 25.1. The Labute approximate surface area is 123 Å². The molecule has 4 heteroatoms. The lowest BCUT2D eigenvalue weighted by molar-refractivity contribution is -0.142. The lowest BCUT2D eigenvalue weighted by atomic mass is 9.86. The molecular weight excluding hydrogens is 252 g/mol. The minimum absolute atomic E-state index is 0.152. The molecule has 0 N–H and O–H groups in total. The summed E-state index contributed by atoms with van der Waals surface area (Å²) in [6.45, 7) is 12.6. The third-order valence-electron chi connectivity index (χ3n) is 4.95. The van der Waals surface area contributed by atoms with Gasteiger partial charge in [0.15, 0.2) is 0 Å². The standard InChI is InChI=1S/C16H30N2O2/c1-4-16(2,3)7-8-17-9-11-18(12-10-17)15(19)14-6-5-13-20-14/h14H,4-13H2,1-3H3. The topological polar surface area (TPSA) is 32.8 Å². The summed E-state index contributed by atoms with van der Waals surface area (Å²) in [5.74, 6) is 0.219. The second kappa shape index (κ2) is 6.90. The van der Waals surface area contributed by atoms with Crippen molar-refractivity contribution in [3.63, 3.8) is 0 Å². The molecule has 2 heterocycles. The number of hydrogen-bond acceptors (Lipinski definition) is 3. The molecule has 2 fully saturated rings. The van der Waals surface area contributed by atoms with Crippen molar-refractivity contribution in [1.82, 2.24) is 9.80 Å². The molecule has 0 spiro atoms. The number of carbonyl (C=O) groups is 1. The fourth-order valence-electron chi connectivity index (χ4n) is 2.81. The monoisotopic (exact) mass is 282 g/mol.